The molecule has 1 atom stereocenters. The SMILES string of the molecule is CCCCCOC(=O)CC1C(=O)NCCN1C(=S)NC(=O)c1cccc(OC(C)C)c1. The molecule has 0 saturated carbocycles. The summed E-state index contributed by atoms with van der Waals surface area (Å²) in [4.78, 5) is 38.8. The van der Waals surface area contributed by atoms with Gasteiger partial charge in [-0.2, -0.15) is 0 Å². The van der Waals surface area contributed by atoms with Crippen LogP contribution in [0.15, 0.2) is 24.3 Å². The predicted molar refractivity (Wildman–Crippen MR) is 121 cm³/mol. The number of hydrogen-bond acceptors (Lipinski definition) is 6. The third-order valence-corrected chi connectivity index (χ3v) is 4.99. The molecule has 0 aliphatic carbocycles. The number of thiocarbonyl (C=S) groups is 1. The van der Waals surface area contributed by atoms with Crippen molar-refractivity contribution in [3.63, 3.8) is 0 Å². The van der Waals surface area contributed by atoms with Gasteiger partial charge in [-0.25, -0.2) is 0 Å². The Labute approximate surface area is 188 Å². The Morgan fingerprint density at radius 2 is 2.10 bits per heavy atom. The highest BCUT2D eigenvalue weighted by Crippen LogP contribution is 2.16. The Hall–Kier alpha value is -2.68. The minimum Gasteiger partial charge on any atom is -0.491 e. The van der Waals surface area contributed by atoms with Crippen molar-refractivity contribution >= 4 is 35.1 Å². The van der Waals surface area contributed by atoms with Crippen LogP contribution >= 0.6 is 12.2 Å². The molecule has 0 spiro atoms. The van der Waals surface area contributed by atoms with Crippen LogP contribution in [0.3, 0.4) is 0 Å². The van der Waals surface area contributed by atoms with Crippen LogP contribution in [0.2, 0.25) is 0 Å². The predicted octanol–water partition coefficient (Wildman–Crippen LogP) is 2.41. The van der Waals surface area contributed by atoms with Crippen molar-refractivity contribution in [2.24, 2.45) is 0 Å². The van der Waals surface area contributed by atoms with Gasteiger partial charge >= 0.3 is 5.97 Å². The zero-order valence-electron chi connectivity index (χ0n) is 18.3. The molecule has 0 bridgehead atoms. The summed E-state index contributed by atoms with van der Waals surface area (Å²) in [7, 11) is 0. The average molecular weight is 450 g/mol. The second-order valence-corrected chi connectivity index (χ2v) is 7.97. The molecule has 1 unspecified atom stereocenters. The van der Waals surface area contributed by atoms with Crippen LogP contribution in [0.25, 0.3) is 0 Å². The molecular formula is C22H31N3O5S. The number of rotatable bonds is 9. The third-order valence-electron chi connectivity index (χ3n) is 4.65. The number of carbonyl (C=O) groups excluding carboxylic acids is 3. The second kappa shape index (κ2) is 12.2. The number of carbonyl (C=O) groups is 3. The fraction of sp³-hybridized carbons (Fsp3) is 0.545. The fourth-order valence-electron chi connectivity index (χ4n) is 3.14. The van der Waals surface area contributed by atoms with Gasteiger partial charge in [0.15, 0.2) is 5.11 Å². The Kier molecular flexibility index (Phi) is 9.71. The molecule has 1 aromatic rings. The summed E-state index contributed by atoms with van der Waals surface area (Å²) in [6.45, 7) is 6.95. The average Bonchev–Trinajstić information content (AvgIpc) is 2.72. The van der Waals surface area contributed by atoms with Crippen LogP contribution in [0.1, 0.15) is 56.8 Å². The summed E-state index contributed by atoms with van der Waals surface area (Å²) >= 11 is 5.39. The van der Waals surface area contributed by atoms with Crippen molar-refractivity contribution in [3.8, 4) is 5.75 Å². The van der Waals surface area contributed by atoms with Gasteiger partial charge in [0.1, 0.15) is 11.8 Å². The lowest BCUT2D eigenvalue weighted by Crippen LogP contribution is -2.60. The first-order valence-corrected chi connectivity index (χ1v) is 11.0. The highest BCUT2D eigenvalue weighted by atomic mass is 32.1. The highest BCUT2D eigenvalue weighted by molar-refractivity contribution is 7.80. The molecule has 2 N–H and O–H groups in total. The molecule has 8 nitrogen and oxygen atoms in total. The van der Waals surface area contributed by atoms with Crippen LogP contribution in [0.5, 0.6) is 5.75 Å². The van der Waals surface area contributed by atoms with E-state index in [2.05, 4.69) is 17.6 Å². The van der Waals surface area contributed by atoms with E-state index in [9.17, 15) is 14.4 Å². The first kappa shape index (κ1) is 24.6. The van der Waals surface area contributed by atoms with Gasteiger partial charge in [-0.15, -0.1) is 0 Å². The summed E-state index contributed by atoms with van der Waals surface area (Å²) in [6.07, 6.45) is 2.64. The van der Waals surface area contributed by atoms with Gasteiger partial charge in [0, 0.05) is 18.7 Å². The van der Waals surface area contributed by atoms with E-state index in [0.29, 0.717) is 31.0 Å². The van der Waals surface area contributed by atoms with E-state index < -0.39 is 17.9 Å². The smallest absolute Gasteiger partial charge is 0.308 e. The van der Waals surface area contributed by atoms with Crippen LogP contribution < -0.4 is 15.4 Å². The van der Waals surface area contributed by atoms with E-state index in [0.717, 1.165) is 19.3 Å². The lowest BCUT2D eigenvalue weighted by atomic mass is 10.1. The maximum absolute atomic E-state index is 12.7. The molecule has 31 heavy (non-hydrogen) atoms. The van der Waals surface area contributed by atoms with E-state index in [1.807, 2.05) is 13.8 Å². The fourth-order valence-corrected chi connectivity index (χ4v) is 3.45. The largest absolute Gasteiger partial charge is 0.491 e. The first-order chi connectivity index (χ1) is 14.8. The summed E-state index contributed by atoms with van der Waals surface area (Å²) in [5, 5.41) is 5.49. The molecule has 0 aromatic heterocycles. The van der Waals surface area contributed by atoms with E-state index in [4.69, 9.17) is 21.7 Å². The van der Waals surface area contributed by atoms with Crippen molar-refractivity contribution in [2.45, 2.75) is 58.6 Å². The van der Waals surface area contributed by atoms with Gasteiger partial charge in [0.25, 0.3) is 5.91 Å². The maximum Gasteiger partial charge on any atom is 0.308 e. The molecule has 1 saturated heterocycles. The van der Waals surface area contributed by atoms with Crippen molar-refractivity contribution < 1.29 is 23.9 Å². The molecule has 1 aliphatic heterocycles. The Morgan fingerprint density at radius 3 is 2.81 bits per heavy atom. The minimum absolute atomic E-state index is 0.0197. The standard InChI is InChI=1S/C22H31N3O5S/c1-4-5-6-12-29-19(26)14-18-21(28)23-10-11-25(18)22(31)24-20(27)16-8-7-9-17(13-16)30-15(2)3/h7-9,13,15,18H,4-6,10-12,14H2,1-3H3,(H,23,28)(H,24,27,31). The monoisotopic (exact) mass is 449 g/mol. The Balaban J connectivity index is 2.00. The maximum atomic E-state index is 12.7. The number of piperazine rings is 1. The number of benzene rings is 1. The minimum atomic E-state index is -0.823. The summed E-state index contributed by atoms with van der Waals surface area (Å²) in [5.74, 6) is -0.614. The molecule has 0 radical (unpaired) electrons. The third kappa shape index (κ3) is 7.82. The topological polar surface area (TPSA) is 97.0 Å². The Bertz CT molecular complexity index is 799. The quantitative estimate of drug-likeness (QED) is 0.339. The van der Waals surface area contributed by atoms with Crippen molar-refractivity contribution in [1.29, 1.82) is 0 Å². The van der Waals surface area contributed by atoms with Crippen LogP contribution in [0.4, 0.5) is 0 Å². The van der Waals surface area contributed by atoms with Crippen molar-refractivity contribution in [2.75, 3.05) is 19.7 Å². The summed E-state index contributed by atoms with van der Waals surface area (Å²) in [6, 6.07) is 5.95. The van der Waals surface area contributed by atoms with E-state index in [1.54, 1.807) is 29.2 Å². The lowest BCUT2D eigenvalue weighted by Gasteiger charge is -2.36. The summed E-state index contributed by atoms with van der Waals surface area (Å²) < 4.78 is 10.8. The number of esters is 1. The molecule has 1 heterocycles. The van der Waals surface area contributed by atoms with Gasteiger partial charge in [0.2, 0.25) is 5.91 Å². The normalized spacial score (nSPS) is 15.9. The second-order valence-electron chi connectivity index (χ2n) is 7.59. The number of amides is 2. The van der Waals surface area contributed by atoms with Gasteiger partial charge in [-0.3, -0.25) is 19.7 Å². The zero-order chi connectivity index (χ0) is 22.8. The van der Waals surface area contributed by atoms with Gasteiger partial charge < -0.3 is 19.7 Å². The molecule has 1 aromatic carbocycles. The Morgan fingerprint density at radius 1 is 1.32 bits per heavy atom. The van der Waals surface area contributed by atoms with Crippen molar-refractivity contribution in [1.82, 2.24) is 15.5 Å². The van der Waals surface area contributed by atoms with Crippen LogP contribution in [-0.2, 0) is 14.3 Å². The number of unbranched alkanes of at least 4 members (excludes halogenated alkanes) is 2. The molecule has 1 fully saturated rings. The van der Waals surface area contributed by atoms with Gasteiger partial charge in [-0.1, -0.05) is 25.8 Å². The lowest BCUT2D eigenvalue weighted by molar-refractivity contribution is -0.147. The van der Waals surface area contributed by atoms with E-state index >= 15 is 0 Å². The number of ether oxygens (including phenoxy) is 2. The number of hydrogen-bond donors (Lipinski definition) is 2. The molecular weight excluding hydrogens is 418 g/mol. The first-order valence-electron chi connectivity index (χ1n) is 10.6. The zero-order valence-corrected chi connectivity index (χ0v) is 19.1. The number of nitrogens with zero attached hydrogens (tertiary/aromatic N) is 1. The highest BCUT2D eigenvalue weighted by Gasteiger charge is 2.34. The van der Waals surface area contributed by atoms with Gasteiger partial charge in [0.05, 0.1) is 19.1 Å². The van der Waals surface area contributed by atoms with Crippen molar-refractivity contribution in [3.05, 3.63) is 29.8 Å². The van der Waals surface area contributed by atoms with Crippen LogP contribution in [0, 0.1) is 0 Å². The van der Waals surface area contributed by atoms with Gasteiger partial charge in [-0.05, 0) is 50.7 Å². The molecule has 9 heteroatoms. The van der Waals surface area contributed by atoms with E-state index in [1.165, 1.54) is 0 Å². The molecule has 170 valence electrons. The van der Waals surface area contributed by atoms with Crippen LogP contribution in [-0.4, -0.2) is 59.6 Å². The molecule has 1 aliphatic rings. The number of nitrogens with one attached hydrogen (secondary N) is 2. The molecule has 2 rings (SSSR count). The summed E-state index contributed by atoms with van der Waals surface area (Å²) in [5.41, 5.74) is 0.383. The van der Waals surface area contributed by atoms with E-state index in [-0.39, 0.29) is 23.5 Å². The molecule has 2 amide bonds.